The summed E-state index contributed by atoms with van der Waals surface area (Å²) < 4.78 is 1.38. The van der Waals surface area contributed by atoms with E-state index in [1.165, 1.54) is 21.4 Å². The van der Waals surface area contributed by atoms with Crippen LogP contribution in [0.2, 0.25) is 0 Å². The van der Waals surface area contributed by atoms with Gasteiger partial charge in [-0.3, -0.25) is 4.79 Å². The predicted molar refractivity (Wildman–Crippen MR) is 96.9 cm³/mol. The normalized spacial score (nSPS) is 11.6. The first-order chi connectivity index (χ1) is 11.6. The van der Waals surface area contributed by atoms with Crippen LogP contribution in [0, 0.1) is 6.92 Å². The van der Waals surface area contributed by atoms with Gasteiger partial charge in [0.25, 0.3) is 5.56 Å². The molecule has 0 aliphatic carbocycles. The van der Waals surface area contributed by atoms with Crippen LogP contribution in [0.25, 0.3) is 16.0 Å². The van der Waals surface area contributed by atoms with E-state index >= 15 is 0 Å². The highest BCUT2D eigenvalue weighted by Crippen LogP contribution is 2.23. The van der Waals surface area contributed by atoms with Crippen molar-refractivity contribution in [2.45, 2.75) is 31.2 Å². The van der Waals surface area contributed by atoms with Crippen LogP contribution < -0.4 is 5.56 Å². The van der Waals surface area contributed by atoms with E-state index < -0.39 is 0 Å². The molecular weight excluding hydrogens is 342 g/mol. The summed E-state index contributed by atoms with van der Waals surface area (Å²) in [6, 6.07) is 7.67. The summed E-state index contributed by atoms with van der Waals surface area (Å²) in [5.41, 5.74) is 3.78. The van der Waals surface area contributed by atoms with Gasteiger partial charge in [-0.15, -0.1) is 0 Å². The van der Waals surface area contributed by atoms with E-state index in [9.17, 15) is 4.79 Å². The lowest BCUT2D eigenvalue weighted by molar-refractivity contribution is 0.852. The zero-order valence-corrected chi connectivity index (χ0v) is 14.9. The number of rotatable bonds is 4. The molecule has 8 heteroatoms. The van der Waals surface area contributed by atoms with Crippen molar-refractivity contribution in [3.8, 4) is 0 Å². The van der Waals surface area contributed by atoms with Crippen LogP contribution in [0.3, 0.4) is 0 Å². The summed E-state index contributed by atoms with van der Waals surface area (Å²) in [4.78, 5) is 25.2. The zero-order valence-electron chi connectivity index (χ0n) is 13.2. The Hall–Kier alpha value is -2.19. The Labute approximate surface area is 146 Å². The lowest BCUT2D eigenvalue weighted by atomic mass is 10.2. The third-order valence-electron chi connectivity index (χ3n) is 3.61. The van der Waals surface area contributed by atoms with Gasteiger partial charge >= 0.3 is 0 Å². The molecule has 4 rings (SSSR count). The Balaban J connectivity index is 1.60. The molecule has 4 aromatic rings. The fourth-order valence-electron chi connectivity index (χ4n) is 2.42. The lowest BCUT2D eigenvalue weighted by Crippen LogP contribution is -2.15. The van der Waals surface area contributed by atoms with Crippen molar-refractivity contribution < 1.29 is 0 Å². The Morgan fingerprint density at radius 1 is 1.29 bits per heavy atom. The SMILES string of the molecule is CCc1nn2c(=O)cc(CSc3nc4ccc(C)cc4[nH]3)nc2s1. The molecular formula is C16H15N5OS2. The average Bonchev–Trinajstić information content (AvgIpc) is 3.15. The number of aromatic nitrogens is 5. The van der Waals surface area contributed by atoms with Crippen molar-refractivity contribution in [1.82, 2.24) is 24.6 Å². The Morgan fingerprint density at radius 2 is 2.17 bits per heavy atom. The van der Waals surface area contributed by atoms with Gasteiger partial charge in [0.05, 0.1) is 16.7 Å². The molecule has 3 heterocycles. The number of fused-ring (bicyclic) bond motifs is 2. The van der Waals surface area contributed by atoms with Gasteiger partial charge in [0, 0.05) is 11.8 Å². The quantitative estimate of drug-likeness (QED) is 0.568. The second-order valence-corrected chi connectivity index (χ2v) is 7.49. The van der Waals surface area contributed by atoms with E-state index in [2.05, 4.69) is 33.0 Å². The van der Waals surface area contributed by atoms with Crippen LogP contribution in [-0.4, -0.2) is 24.6 Å². The predicted octanol–water partition coefficient (Wildman–Crippen LogP) is 3.19. The summed E-state index contributed by atoms with van der Waals surface area (Å²) in [7, 11) is 0. The smallest absolute Gasteiger partial charge is 0.275 e. The van der Waals surface area contributed by atoms with E-state index in [-0.39, 0.29) is 5.56 Å². The summed E-state index contributed by atoms with van der Waals surface area (Å²) in [6.07, 6.45) is 0.802. The summed E-state index contributed by atoms with van der Waals surface area (Å²) in [5, 5.41) is 6.01. The third-order valence-corrected chi connectivity index (χ3v) is 5.57. The van der Waals surface area contributed by atoms with Crippen LogP contribution in [-0.2, 0) is 12.2 Å². The van der Waals surface area contributed by atoms with Gasteiger partial charge in [-0.25, -0.2) is 9.97 Å². The van der Waals surface area contributed by atoms with Gasteiger partial charge in [-0.1, -0.05) is 36.1 Å². The minimum Gasteiger partial charge on any atom is -0.333 e. The number of hydrogen-bond donors (Lipinski definition) is 1. The number of hydrogen-bond acceptors (Lipinski definition) is 6. The Bertz CT molecular complexity index is 1090. The minimum atomic E-state index is -0.133. The molecule has 3 aromatic heterocycles. The number of imidazole rings is 1. The van der Waals surface area contributed by atoms with E-state index in [0.29, 0.717) is 10.7 Å². The molecule has 0 aliphatic heterocycles. The molecule has 24 heavy (non-hydrogen) atoms. The molecule has 0 amide bonds. The number of benzene rings is 1. The fourth-order valence-corrected chi connectivity index (χ4v) is 4.06. The van der Waals surface area contributed by atoms with Crippen LogP contribution in [0.4, 0.5) is 0 Å². The van der Waals surface area contributed by atoms with Crippen molar-refractivity contribution in [2.24, 2.45) is 0 Å². The number of aromatic amines is 1. The summed E-state index contributed by atoms with van der Waals surface area (Å²) in [6.45, 7) is 4.07. The second kappa shape index (κ2) is 6.03. The molecule has 0 saturated heterocycles. The van der Waals surface area contributed by atoms with Crippen molar-refractivity contribution in [1.29, 1.82) is 0 Å². The lowest BCUT2D eigenvalue weighted by Gasteiger charge is -1.98. The zero-order chi connectivity index (χ0) is 16.7. The summed E-state index contributed by atoms with van der Waals surface area (Å²) in [5.74, 6) is 0.587. The van der Waals surface area contributed by atoms with Gasteiger partial charge in [-0.05, 0) is 31.0 Å². The monoisotopic (exact) mass is 357 g/mol. The van der Waals surface area contributed by atoms with Crippen molar-refractivity contribution in [3.05, 3.63) is 50.9 Å². The minimum absolute atomic E-state index is 0.133. The van der Waals surface area contributed by atoms with Crippen molar-refractivity contribution in [3.63, 3.8) is 0 Å². The second-order valence-electron chi connectivity index (χ2n) is 5.48. The van der Waals surface area contributed by atoms with Gasteiger partial charge < -0.3 is 4.98 Å². The maximum absolute atomic E-state index is 12.2. The first-order valence-electron chi connectivity index (χ1n) is 7.60. The first-order valence-corrected chi connectivity index (χ1v) is 9.40. The molecule has 0 atom stereocenters. The highest BCUT2D eigenvalue weighted by atomic mass is 32.2. The Kier molecular flexibility index (Phi) is 3.85. The van der Waals surface area contributed by atoms with E-state index in [0.717, 1.165) is 33.3 Å². The first kappa shape index (κ1) is 15.3. The number of nitrogens with zero attached hydrogens (tertiary/aromatic N) is 4. The fraction of sp³-hybridized carbons (Fsp3) is 0.250. The number of nitrogens with one attached hydrogen (secondary N) is 1. The molecule has 0 spiro atoms. The van der Waals surface area contributed by atoms with Crippen molar-refractivity contribution in [2.75, 3.05) is 0 Å². The van der Waals surface area contributed by atoms with Crippen LogP contribution in [0.15, 0.2) is 34.2 Å². The topological polar surface area (TPSA) is 75.9 Å². The maximum atomic E-state index is 12.2. The molecule has 0 saturated carbocycles. The average molecular weight is 357 g/mol. The third kappa shape index (κ3) is 2.83. The summed E-state index contributed by atoms with van der Waals surface area (Å²) >= 11 is 3.00. The maximum Gasteiger partial charge on any atom is 0.275 e. The van der Waals surface area contributed by atoms with Gasteiger partial charge in [0.1, 0.15) is 5.01 Å². The largest absolute Gasteiger partial charge is 0.333 e. The van der Waals surface area contributed by atoms with Crippen LogP contribution >= 0.6 is 23.1 Å². The molecule has 0 radical (unpaired) electrons. The molecule has 0 bridgehead atoms. The Morgan fingerprint density at radius 3 is 3.00 bits per heavy atom. The van der Waals surface area contributed by atoms with Gasteiger partial charge in [0.15, 0.2) is 5.16 Å². The highest BCUT2D eigenvalue weighted by molar-refractivity contribution is 7.98. The highest BCUT2D eigenvalue weighted by Gasteiger charge is 2.10. The van der Waals surface area contributed by atoms with Gasteiger partial charge in [0.2, 0.25) is 4.96 Å². The standard InChI is InChI=1S/C16H15N5OS2/c1-3-13-20-21-14(22)7-10(17-16(21)24-13)8-23-15-18-11-5-4-9(2)6-12(11)19-15/h4-7H,3,8H2,1-2H3,(H,18,19). The number of thioether (sulfide) groups is 1. The molecule has 1 aromatic carbocycles. The van der Waals surface area contributed by atoms with Crippen molar-refractivity contribution >= 4 is 39.1 Å². The van der Waals surface area contributed by atoms with Crippen LogP contribution in [0.1, 0.15) is 23.2 Å². The molecule has 122 valence electrons. The molecule has 0 aliphatic rings. The molecule has 1 N–H and O–H groups in total. The van der Waals surface area contributed by atoms with Crippen LogP contribution in [0.5, 0.6) is 0 Å². The number of aryl methyl sites for hydroxylation is 2. The van der Waals surface area contributed by atoms with Gasteiger partial charge in [-0.2, -0.15) is 9.61 Å². The number of H-pyrrole nitrogens is 1. The molecule has 6 nitrogen and oxygen atoms in total. The molecule has 0 fully saturated rings. The van der Waals surface area contributed by atoms with E-state index in [1.807, 2.05) is 19.1 Å². The molecule has 0 unspecified atom stereocenters. The van der Waals surface area contributed by atoms with E-state index in [4.69, 9.17) is 0 Å². The van der Waals surface area contributed by atoms with E-state index in [1.54, 1.807) is 17.8 Å².